The van der Waals surface area contributed by atoms with Gasteiger partial charge in [-0.1, -0.05) is 71.6 Å². The number of unbranched alkanes of at least 4 members (excludes halogenated alkanes) is 9. The lowest BCUT2D eigenvalue weighted by molar-refractivity contribution is 0.533. The van der Waals surface area contributed by atoms with Crippen LogP contribution in [0.25, 0.3) is 0 Å². The van der Waals surface area contributed by atoms with Crippen molar-refractivity contribution in [3.05, 3.63) is 0 Å². The molecule has 0 aliphatic heterocycles. The zero-order valence-electron chi connectivity index (χ0n) is 17.4. The van der Waals surface area contributed by atoms with Crippen LogP contribution in [0, 0.1) is 0 Å². The molecule has 0 amide bonds. The molecule has 4 nitrogen and oxygen atoms in total. The molecule has 0 unspecified atom stereocenters. The van der Waals surface area contributed by atoms with Crippen LogP contribution >= 0.6 is 0 Å². The predicted molar refractivity (Wildman–Crippen MR) is 114 cm³/mol. The lowest BCUT2D eigenvalue weighted by atomic mass is 10.1. The van der Waals surface area contributed by atoms with Gasteiger partial charge in [0.05, 0.1) is 0 Å². The summed E-state index contributed by atoms with van der Waals surface area (Å²) in [5, 5.41) is 13.8. The van der Waals surface area contributed by atoms with Crippen molar-refractivity contribution in [2.45, 2.75) is 84.5 Å². The average molecular weight is 357 g/mol. The maximum absolute atomic E-state index is 3.55. The molecule has 0 aromatic carbocycles. The van der Waals surface area contributed by atoms with Gasteiger partial charge in [-0.25, -0.2) is 0 Å². The van der Waals surface area contributed by atoms with Gasteiger partial charge < -0.3 is 21.3 Å². The molecule has 0 aliphatic rings. The first-order valence-corrected chi connectivity index (χ1v) is 11.2. The highest BCUT2D eigenvalue weighted by molar-refractivity contribution is 4.56. The molecule has 0 heterocycles. The van der Waals surface area contributed by atoms with Gasteiger partial charge >= 0.3 is 0 Å². The van der Waals surface area contributed by atoms with Gasteiger partial charge in [0.15, 0.2) is 0 Å². The Hall–Kier alpha value is -0.160. The zero-order valence-corrected chi connectivity index (χ0v) is 17.4. The third-order valence-electron chi connectivity index (χ3n) is 4.62. The fourth-order valence-electron chi connectivity index (χ4n) is 2.98. The molecule has 0 aromatic heterocycles. The minimum absolute atomic E-state index is 1.06. The molecule has 0 radical (unpaired) electrons. The van der Waals surface area contributed by atoms with E-state index in [1.54, 1.807) is 0 Å². The van der Waals surface area contributed by atoms with Crippen LogP contribution in [0.1, 0.15) is 84.5 Å². The van der Waals surface area contributed by atoms with E-state index in [1.807, 2.05) is 0 Å². The van der Waals surface area contributed by atoms with Crippen molar-refractivity contribution in [1.82, 2.24) is 21.3 Å². The Labute approximate surface area is 158 Å². The smallest absolute Gasteiger partial charge is 0.00767 e. The van der Waals surface area contributed by atoms with E-state index in [2.05, 4.69) is 35.1 Å². The quantitative estimate of drug-likeness (QED) is 0.224. The Morgan fingerprint density at radius 2 is 0.760 bits per heavy atom. The van der Waals surface area contributed by atoms with E-state index in [1.165, 1.54) is 77.2 Å². The Bertz CT molecular complexity index is 202. The second kappa shape index (κ2) is 23.8. The Morgan fingerprint density at radius 1 is 0.360 bits per heavy atom. The van der Waals surface area contributed by atoms with Gasteiger partial charge in [-0.05, 0) is 39.0 Å². The molecule has 0 saturated heterocycles. The van der Waals surface area contributed by atoms with Crippen LogP contribution in [0.5, 0.6) is 0 Å². The third-order valence-corrected chi connectivity index (χ3v) is 4.62. The second-order valence-corrected chi connectivity index (χ2v) is 7.14. The largest absolute Gasteiger partial charge is 0.316 e. The summed E-state index contributed by atoms with van der Waals surface area (Å²) in [6.45, 7) is 13.3. The number of hydrogen-bond acceptors (Lipinski definition) is 4. The minimum atomic E-state index is 1.06. The summed E-state index contributed by atoms with van der Waals surface area (Å²) in [7, 11) is 0. The summed E-state index contributed by atoms with van der Waals surface area (Å²) >= 11 is 0. The number of likely N-dealkylation sites (N-methyl/N-ethyl adjacent to an activating group) is 1. The standard InChI is InChI=1S/C21H48N4/c1-3-5-6-7-8-9-10-11-12-13-15-23-20-21-25-17-14-16-24-19-18-22-4-2/h22-25H,3-21H2,1-2H3. The molecule has 0 aromatic rings. The molecule has 25 heavy (non-hydrogen) atoms. The first-order valence-electron chi connectivity index (χ1n) is 11.2. The maximum atomic E-state index is 3.55. The molecule has 4 N–H and O–H groups in total. The van der Waals surface area contributed by atoms with Gasteiger partial charge in [0.2, 0.25) is 0 Å². The van der Waals surface area contributed by atoms with Crippen molar-refractivity contribution < 1.29 is 0 Å². The molecule has 0 rings (SSSR count). The van der Waals surface area contributed by atoms with E-state index < -0.39 is 0 Å². The summed E-state index contributed by atoms with van der Waals surface area (Å²) < 4.78 is 0. The maximum Gasteiger partial charge on any atom is 0.00767 e. The van der Waals surface area contributed by atoms with E-state index in [0.717, 1.165) is 45.8 Å². The van der Waals surface area contributed by atoms with E-state index >= 15 is 0 Å². The summed E-state index contributed by atoms with van der Waals surface area (Å²) in [6.07, 6.45) is 15.4. The SMILES string of the molecule is CCCCCCCCCCCCNCCNCCCNCCNCC. The topological polar surface area (TPSA) is 48.1 Å². The third kappa shape index (κ3) is 23.8. The molecule has 0 fully saturated rings. The average Bonchev–Trinajstić information content (AvgIpc) is 2.63. The van der Waals surface area contributed by atoms with Crippen LogP contribution in [-0.4, -0.2) is 52.4 Å². The van der Waals surface area contributed by atoms with Gasteiger partial charge in [0, 0.05) is 26.2 Å². The lowest BCUT2D eigenvalue weighted by Crippen LogP contribution is -2.31. The molecular weight excluding hydrogens is 308 g/mol. The molecule has 152 valence electrons. The summed E-state index contributed by atoms with van der Waals surface area (Å²) in [6, 6.07) is 0. The fourth-order valence-corrected chi connectivity index (χ4v) is 2.98. The van der Waals surface area contributed by atoms with Crippen LogP contribution in [-0.2, 0) is 0 Å². The van der Waals surface area contributed by atoms with Gasteiger partial charge in [-0.3, -0.25) is 0 Å². The summed E-state index contributed by atoms with van der Waals surface area (Å²) in [4.78, 5) is 0. The Kier molecular flexibility index (Phi) is 23.7. The highest BCUT2D eigenvalue weighted by atomic mass is 15.0. The molecule has 0 spiro atoms. The monoisotopic (exact) mass is 356 g/mol. The van der Waals surface area contributed by atoms with Crippen molar-refractivity contribution in [2.75, 3.05) is 52.4 Å². The van der Waals surface area contributed by atoms with Crippen LogP contribution in [0.3, 0.4) is 0 Å². The minimum Gasteiger partial charge on any atom is -0.316 e. The van der Waals surface area contributed by atoms with Gasteiger partial charge in [-0.2, -0.15) is 0 Å². The number of hydrogen-bond donors (Lipinski definition) is 4. The molecule has 0 atom stereocenters. The predicted octanol–water partition coefficient (Wildman–Crippen LogP) is 3.68. The van der Waals surface area contributed by atoms with Crippen molar-refractivity contribution in [2.24, 2.45) is 0 Å². The van der Waals surface area contributed by atoms with E-state index in [9.17, 15) is 0 Å². The Morgan fingerprint density at radius 3 is 1.24 bits per heavy atom. The number of nitrogens with one attached hydrogen (secondary N) is 4. The molecular formula is C21H48N4. The first-order chi connectivity index (χ1) is 12.4. The van der Waals surface area contributed by atoms with Gasteiger partial charge in [-0.15, -0.1) is 0 Å². The van der Waals surface area contributed by atoms with Crippen LogP contribution in [0.2, 0.25) is 0 Å². The van der Waals surface area contributed by atoms with Crippen LogP contribution in [0.4, 0.5) is 0 Å². The van der Waals surface area contributed by atoms with Gasteiger partial charge in [0.25, 0.3) is 0 Å². The van der Waals surface area contributed by atoms with Crippen molar-refractivity contribution >= 4 is 0 Å². The second-order valence-electron chi connectivity index (χ2n) is 7.14. The summed E-state index contributed by atoms with van der Waals surface area (Å²) in [5.41, 5.74) is 0. The molecule has 0 saturated carbocycles. The first kappa shape index (κ1) is 24.8. The lowest BCUT2D eigenvalue weighted by Gasteiger charge is -2.08. The molecule has 0 bridgehead atoms. The Balaban J connectivity index is 2.94. The van der Waals surface area contributed by atoms with Gasteiger partial charge in [0.1, 0.15) is 0 Å². The number of rotatable bonds is 22. The van der Waals surface area contributed by atoms with E-state index in [0.29, 0.717) is 0 Å². The zero-order chi connectivity index (χ0) is 18.3. The van der Waals surface area contributed by atoms with Crippen molar-refractivity contribution in [3.63, 3.8) is 0 Å². The van der Waals surface area contributed by atoms with E-state index in [4.69, 9.17) is 0 Å². The van der Waals surface area contributed by atoms with Crippen molar-refractivity contribution in [1.29, 1.82) is 0 Å². The molecule has 0 aliphatic carbocycles. The highest BCUT2D eigenvalue weighted by Gasteiger charge is 1.93. The fraction of sp³-hybridized carbons (Fsp3) is 1.00. The highest BCUT2D eigenvalue weighted by Crippen LogP contribution is 2.10. The molecule has 4 heteroatoms. The van der Waals surface area contributed by atoms with Crippen LogP contribution in [0.15, 0.2) is 0 Å². The van der Waals surface area contributed by atoms with Crippen molar-refractivity contribution in [3.8, 4) is 0 Å². The van der Waals surface area contributed by atoms with E-state index in [-0.39, 0.29) is 0 Å². The summed E-state index contributed by atoms with van der Waals surface area (Å²) in [5.74, 6) is 0. The van der Waals surface area contributed by atoms with Crippen LogP contribution < -0.4 is 21.3 Å². The normalized spacial score (nSPS) is 11.3.